The fourth-order valence-electron chi connectivity index (χ4n) is 2.73. The number of rotatable bonds is 2. The summed E-state index contributed by atoms with van der Waals surface area (Å²) in [5, 5.41) is 1.59. The molecule has 1 nitrogen and oxygen atoms in total. The van der Waals surface area contributed by atoms with Gasteiger partial charge in [-0.2, -0.15) is 0 Å². The minimum atomic E-state index is -0.179. The molecule has 2 aromatic rings. The molecular formula is C16H16FN. The molecule has 1 atom stereocenters. The van der Waals surface area contributed by atoms with Crippen molar-refractivity contribution in [2.45, 2.75) is 25.3 Å². The Morgan fingerprint density at radius 1 is 1.06 bits per heavy atom. The van der Waals surface area contributed by atoms with Crippen molar-refractivity contribution in [3.05, 3.63) is 59.4 Å². The first-order valence-electron chi connectivity index (χ1n) is 6.39. The third-order valence-corrected chi connectivity index (χ3v) is 3.72. The summed E-state index contributed by atoms with van der Waals surface area (Å²) >= 11 is 0. The Labute approximate surface area is 106 Å². The van der Waals surface area contributed by atoms with E-state index in [0.29, 0.717) is 5.39 Å². The predicted octanol–water partition coefficient (Wildman–Crippen LogP) is 4.09. The Hall–Kier alpha value is -1.67. The van der Waals surface area contributed by atoms with E-state index in [1.54, 1.807) is 0 Å². The van der Waals surface area contributed by atoms with E-state index < -0.39 is 0 Å². The quantitative estimate of drug-likeness (QED) is 0.787. The van der Waals surface area contributed by atoms with Crippen molar-refractivity contribution < 1.29 is 4.39 Å². The first kappa shape index (κ1) is 11.4. The Morgan fingerprint density at radius 3 is 2.56 bits per heavy atom. The van der Waals surface area contributed by atoms with Gasteiger partial charge in [-0.25, -0.2) is 4.39 Å². The summed E-state index contributed by atoms with van der Waals surface area (Å²) in [6.45, 7) is 0. The van der Waals surface area contributed by atoms with Gasteiger partial charge in [0.1, 0.15) is 5.82 Å². The SMILES string of the molecule is NC(C1=CCCC1)c1ccc(F)c2ccccc12. The van der Waals surface area contributed by atoms with Crippen molar-refractivity contribution in [1.29, 1.82) is 0 Å². The van der Waals surface area contributed by atoms with Crippen LogP contribution in [0.25, 0.3) is 10.8 Å². The lowest BCUT2D eigenvalue weighted by molar-refractivity contribution is 0.638. The fraction of sp³-hybridized carbons (Fsp3) is 0.250. The van der Waals surface area contributed by atoms with Gasteiger partial charge in [-0.15, -0.1) is 0 Å². The summed E-state index contributed by atoms with van der Waals surface area (Å²) in [6, 6.07) is 10.8. The van der Waals surface area contributed by atoms with Gasteiger partial charge in [-0.3, -0.25) is 0 Å². The number of nitrogens with two attached hydrogens (primary N) is 1. The highest BCUT2D eigenvalue weighted by molar-refractivity contribution is 5.87. The summed E-state index contributed by atoms with van der Waals surface area (Å²) in [7, 11) is 0. The van der Waals surface area contributed by atoms with Crippen molar-refractivity contribution in [1.82, 2.24) is 0 Å². The first-order valence-corrected chi connectivity index (χ1v) is 6.39. The second-order valence-electron chi connectivity index (χ2n) is 4.83. The monoisotopic (exact) mass is 241 g/mol. The van der Waals surface area contributed by atoms with Gasteiger partial charge >= 0.3 is 0 Å². The molecule has 1 unspecified atom stereocenters. The molecule has 1 aliphatic rings. The fourth-order valence-corrected chi connectivity index (χ4v) is 2.73. The van der Waals surface area contributed by atoms with Crippen LogP contribution in [0.4, 0.5) is 4.39 Å². The van der Waals surface area contributed by atoms with Crippen LogP contribution in [-0.4, -0.2) is 0 Å². The smallest absolute Gasteiger partial charge is 0.131 e. The molecule has 0 aromatic heterocycles. The van der Waals surface area contributed by atoms with Gasteiger partial charge < -0.3 is 5.73 Å². The van der Waals surface area contributed by atoms with Crippen molar-refractivity contribution in [2.75, 3.05) is 0 Å². The standard InChI is InChI=1S/C16H16FN/c17-15-10-9-14(12-7-3-4-8-13(12)15)16(18)11-5-1-2-6-11/h3-5,7-10,16H,1-2,6,18H2. The largest absolute Gasteiger partial charge is 0.321 e. The molecule has 0 fully saturated rings. The van der Waals surface area contributed by atoms with E-state index >= 15 is 0 Å². The summed E-state index contributed by atoms with van der Waals surface area (Å²) in [4.78, 5) is 0. The molecule has 0 aliphatic heterocycles. The van der Waals surface area contributed by atoms with Gasteiger partial charge in [0, 0.05) is 5.39 Å². The third kappa shape index (κ3) is 1.83. The van der Waals surface area contributed by atoms with Crippen molar-refractivity contribution >= 4 is 10.8 Å². The first-order chi connectivity index (χ1) is 8.77. The molecule has 18 heavy (non-hydrogen) atoms. The molecule has 92 valence electrons. The van der Waals surface area contributed by atoms with Crippen LogP contribution in [0.5, 0.6) is 0 Å². The lowest BCUT2D eigenvalue weighted by atomic mass is 9.94. The molecule has 0 spiro atoms. The Bertz CT molecular complexity index is 616. The average Bonchev–Trinajstić information content (AvgIpc) is 2.93. The maximum absolute atomic E-state index is 13.8. The molecule has 2 N–H and O–H groups in total. The van der Waals surface area contributed by atoms with Crippen LogP contribution >= 0.6 is 0 Å². The lowest BCUT2D eigenvalue weighted by Crippen LogP contribution is -2.12. The van der Waals surface area contributed by atoms with Gasteiger partial charge in [-0.1, -0.05) is 42.0 Å². The molecule has 0 saturated heterocycles. The van der Waals surface area contributed by atoms with Crippen LogP contribution in [-0.2, 0) is 0 Å². The summed E-state index contributed by atoms with van der Waals surface area (Å²) < 4.78 is 13.8. The molecule has 0 heterocycles. The van der Waals surface area contributed by atoms with Gasteiger partial charge in [0.25, 0.3) is 0 Å². The molecular weight excluding hydrogens is 225 g/mol. The van der Waals surface area contributed by atoms with E-state index in [1.165, 1.54) is 18.1 Å². The highest BCUT2D eigenvalue weighted by atomic mass is 19.1. The number of hydrogen-bond donors (Lipinski definition) is 1. The Morgan fingerprint density at radius 2 is 1.83 bits per heavy atom. The van der Waals surface area contributed by atoms with Crippen LogP contribution in [0, 0.1) is 5.82 Å². The zero-order valence-electron chi connectivity index (χ0n) is 10.2. The van der Waals surface area contributed by atoms with Gasteiger partial charge in [0.05, 0.1) is 6.04 Å². The Kier molecular flexibility index (Phi) is 2.88. The maximum atomic E-state index is 13.8. The van der Waals surface area contributed by atoms with Crippen molar-refractivity contribution in [3.8, 4) is 0 Å². The average molecular weight is 241 g/mol. The predicted molar refractivity (Wildman–Crippen MR) is 72.8 cm³/mol. The van der Waals surface area contributed by atoms with Crippen molar-refractivity contribution in [3.63, 3.8) is 0 Å². The highest BCUT2D eigenvalue weighted by Gasteiger charge is 2.17. The molecule has 2 aromatic carbocycles. The molecule has 0 radical (unpaired) electrons. The number of hydrogen-bond acceptors (Lipinski definition) is 1. The number of halogens is 1. The topological polar surface area (TPSA) is 26.0 Å². The minimum Gasteiger partial charge on any atom is -0.321 e. The van der Waals surface area contributed by atoms with Gasteiger partial charge in [0.2, 0.25) is 0 Å². The summed E-state index contributed by atoms with van der Waals surface area (Å²) in [5.74, 6) is -0.179. The number of fused-ring (bicyclic) bond motifs is 1. The molecule has 3 rings (SSSR count). The van der Waals surface area contributed by atoms with Crippen LogP contribution in [0.2, 0.25) is 0 Å². The van der Waals surface area contributed by atoms with E-state index in [9.17, 15) is 4.39 Å². The van der Waals surface area contributed by atoms with Crippen LogP contribution < -0.4 is 5.73 Å². The van der Waals surface area contributed by atoms with Crippen LogP contribution in [0.3, 0.4) is 0 Å². The van der Waals surface area contributed by atoms with E-state index in [0.717, 1.165) is 23.8 Å². The number of benzene rings is 2. The van der Waals surface area contributed by atoms with E-state index in [-0.39, 0.29) is 11.9 Å². The molecule has 1 aliphatic carbocycles. The van der Waals surface area contributed by atoms with E-state index in [2.05, 4.69) is 6.08 Å². The maximum Gasteiger partial charge on any atom is 0.131 e. The van der Waals surface area contributed by atoms with Gasteiger partial charge in [0.15, 0.2) is 0 Å². The zero-order chi connectivity index (χ0) is 12.5. The van der Waals surface area contributed by atoms with E-state index in [1.807, 2.05) is 30.3 Å². The van der Waals surface area contributed by atoms with Crippen molar-refractivity contribution in [2.24, 2.45) is 5.73 Å². The third-order valence-electron chi connectivity index (χ3n) is 3.72. The molecule has 2 heteroatoms. The molecule has 0 saturated carbocycles. The Balaban J connectivity index is 2.14. The lowest BCUT2D eigenvalue weighted by Gasteiger charge is -2.16. The zero-order valence-corrected chi connectivity index (χ0v) is 10.2. The second kappa shape index (κ2) is 4.54. The van der Waals surface area contributed by atoms with Gasteiger partial charge in [-0.05, 0) is 36.3 Å². The van der Waals surface area contributed by atoms with Crippen LogP contribution in [0.1, 0.15) is 30.9 Å². The second-order valence-corrected chi connectivity index (χ2v) is 4.83. The normalized spacial score (nSPS) is 16.9. The summed E-state index contributed by atoms with van der Waals surface area (Å²) in [6.07, 6.45) is 5.58. The van der Waals surface area contributed by atoms with E-state index in [4.69, 9.17) is 5.73 Å². The minimum absolute atomic E-state index is 0.0991. The molecule has 0 amide bonds. The molecule has 0 bridgehead atoms. The highest BCUT2D eigenvalue weighted by Crippen LogP contribution is 2.33. The van der Waals surface area contributed by atoms with Crippen LogP contribution in [0.15, 0.2) is 48.0 Å². The summed E-state index contributed by atoms with van der Waals surface area (Å²) in [5.41, 5.74) is 8.64. The number of allylic oxidation sites excluding steroid dienone is 1.